The predicted octanol–water partition coefficient (Wildman–Crippen LogP) is 1.90. The summed E-state index contributed by atoms with van der Waals surface area (Å²) in [6, 6.07) is 0. The molecule has 0 bridgehead atoms. The number of carbonyl (C=O) groups is 3. The smallest absolute Gasteiger partial charge is 0.303 e. The molecule has 0 saturated carbocycles. The third kappa shape index (κ3) is 8.44. The monoisotopic (exact) mass is 372 g/mol. The van der Waals surface area contributed by atoms with E-state index in [2.05, 4.69) is 6.92 Å². The molecule has 0 aromatic rings. The quantitative estimate of drug-likeness (QED) is 0.344. The van der Waals surface area contributed by atoms with Crippen LogP contribution in [0.25, 0.3) is 0 Å². The number of rotatable bonds is 9. The first-order chi connectivity index (χ1) is 12.3. The van der Waals surface area contributed by atoms with Crippen molar-refractivity contribution >= 4 is 17.9 Å². The SMILES string of the molecule is CCC/C=C/CO[C@@H]1C[C@@H](OC(C)=O)[C@H](OC(C)=O)[C@@H](COC(C)=O)O1. The Bertz CT molecular complexity index is 501. The number of hydrogen-bond acceptors (Lipinski definition) is 8. The van der Waals surface area contributed by atoms with Gasteiger partial charge >= 0.3 is 17.9 Å². The predicted molar refractivity (Wildman–Crippen MR) is 91.0 cm³/mol. The van der Waals surface area contributed by atoms with Gasteiger partial charge in [-0.15, -0.1) is 0 Å². The maximum Gasteiger partial charge on any atom is 0.303 e. The minimum Gasteiger partial charge on any atom is -0.463 e. The van der Waals surface area contributed by atoms with Crippen molar-refractivity contribution in [3.63, 3.8) is 0 Å². The van der Waals surface area contributed by atoms with E-state index >= 15 is 0 Å². The molecule has 8 heteroatoms. The Balaban J connectivity index is 2.81. The van der Waals surface area contributed by atoms with Gasteiger partial charge < -0.3 is 23.7 Å². The van der Waals surface area contributed by atoms with Crippen LogP contribution >= 0.6 is 0 Å². The molecule has 0 radical (unpaired) electrons. The number of carbonyl (C=O) groups excluding carboxylic acids is 3. The Hall–Kier alpha value is -1.93. The summed E-state index contributed by atoms with van der Waals surface area (Å²) < 4.78 is 26.9. The Labute approximate surface area is 153 Å². The van der Waals surface area contributed by atoms with Gasteiger partial charge in [-0.05, 0) is 6.42 Å². The van der Waals surface area contributed by atoms with Crippen LogP contribution in [0.1, 0.15) is 47.0 Å². The fourth-order valence-electron chi connectivity index (χ4n) is 2.52. The minimum atomic E-state index is -0.883. The largest absolute Gasteiger partial charge is 0.463 e. The number of unbranched alkanes of at least 4 members (excludes halogenated alkanes) is 1. The lowest BCUT2D eigenvalue weighted by Crippen LogP contribution is -2.54. The van der Waals surface area contributed by atoms with E-state index in [0.717, 1.165) is 12.8 Å². The van der Waals surface area contributed by atoms with Gasteiger partial charge in [-0.2, -0.15) is 0 Å². The van der Waals surface area contributed by atoms with Crippen molar-refractivity contribution < 1.29 is 38.1 Å². The van der Waals surface area contributed by atoms with Crippen molar-refractivity contribution in [2.75, 3.05) is 13.2 Å². The molecule has 1 fully saturated rings. The average Bonchev–Trinajstić information content (AvgIpc) is 2.54. The highest BCUT2D eigenvalue weighted by Crippen LogP contribution is 2.27. The molecule has 1 aliphatic heterocycles. The Morgan fingerprint density at radius 2 is 1.73 bits per heavy atom. The summed E-state index contributed by atoms with van der Waals surface area (Å²) in [6.07, 6.45) is 2.96. The summed E-state index contributed by atoms with van der Waals surface area (Å²) in [5, 5.41) is 0. The van der Waals surface area contributed by atoms with Gasteiger partial charge in [-0.25, -0.2) is 0 Å². The van der Waals surface area contributed by atoms with Crippen molar-refractivity contribution in [3.8, 4) is 0 Å². The van der Waals surface area contributed by atoms with Crippen LogP contribution < -0.4 is 0 Å². The molecular formula is C18H28O8. The Morgan fingerprint density at radius 1 is 1.04 bits per heavy atom. The van der Waals surface area contributed by atoms with Gasteiger partial charge in [0.2, 0.25) is 0 Å². The first kappa shape index (κ1) is 22.1. The van der Waals surface area contributed by atoms with E-state index in [4.69, 9.17) is 23.7 Å². The molecular weight excluding hydrogens is 344 g/mol. The topological polar surface area (TPSA) is 97.4 Å². The van der Waals surface area contributed by atoms with Crippen LogP contribution in [-0.2, 0) is 38.1 Å². The molecule has 4 atom stereocenters. The van der Waals surface area contributed by atoms with Crippen LogP contribution in [0.5, 0.6) is 0 Å². The molecule has 0 amide bonds. The maximum atomic E-state index is 11.4. The number of hydrogen-bond donors (Lipinski definition) is 0. The molecule has 0 aliphatic carbocycles. The second kappa shape index (κ2) is 11.6. The van der Waals surface area contributed by atoms with Gasteiger partial charge in [0, 0.05) is 27.2 Å². The number of allylic oxidation sites excluding steroid dienone is 1. The highest BCUT2D eigenvalue weighted by molar-refractivity contribution is 5.67. The Kier molecular flexibility index (Phi) is 9.90. The second-order valence-corrected chi connectivity index (χ2v) is 5.96. The third-order valence-electron chi connectivity index (χ3n) is 3.55. The molecule has 26 heavy (non-hydrogen) atoms. The zero-order valence-electron chi connectivity index (χ0n) is 15.8. The van der Waals surface area contributed by atoms with Crippen molar-refractivity contribution in [2.45, 2.75) is 71.6 Å². The summed E-state index contributed by atoms with van der Waals surface area (Å²) in [6.45, 7) is 6.04. The van der Waals surface area contributed by atoms with E-state index in [9.17, 15) is 14.4 Å². The molecule has 1 rings (SSSR count). The van der Waals surface area contributed by atoms with Gasteiger partial charge in [0.25, 0.3) is 0 Å². The van der Waals surface area contributed by atoms with Gasteiger partial charge in [-0.3, -0.25) is 14.4 Å². The van der Waals surface area contributed by atoms with Gasteiger partial charge in [-0.1, -0.05) is 25.5 Å². The van der Waals surface area contributed by atoms with Crippen LogP contribution in [0, 0.1) is 0 Å². The molecule has 8 nitrogen and oxygen atoms in total. The van der Waals surface area contributed by atoms with Gasteiger partial charge in [0.05, 0.1) is 6.61 Å². The zero-order chi connectivity index (χ0) is 19.5. The van der Waals surface area contributed by atoms with Crippen molar-refractivity contribution in [2.24, 2.45) is 0 Å². The first-order valence-electron chi connectivity index (χ1n) is 8.73. The third-order valence-corrected chi connectivity index (χ3v) is 3.55. The molecule has 1 aliphatic rings. The summed E-state index contributed by atoms with van der Waals surface area (Å²) in [5.74, 6) is -1.56. The molecule has 148 valence electrons. The van der Waals surface area contributed by atoms with E-state index in [-0.39, 0.29) is 13.0 Å². The van der Waals surface area contributed by atoms with Crippen LogP contribution in [0.3, 0.4) is 0 Å². The van der Waals surface area contributed by atoms with E-state index in [1.54, 1.807) is 0 Å². The second-order valence-electron chi connectivity index (χ2n) is 5.96. The number of ether oxygens (including phenoxy) is 5. The van der Waals surface area contributed by atoms with Crippen LogP contribution in [0.15, 0.2) is 12.2 Å². The van der Waals surface area contributed by atoms with E-state index < -0.39 is 42.5 Å². The minimum absolute atomic E-state index is 0.142. The van der Waals surface area contributed by atoms with E-state index in [1.807, 2.05) is 12.2 Å². The Morgan fingerprint density at radius 3 is 2.31 bits per heavy atom. The molecule has 0 spiro atoms. The number of esters is 3. The lowest BCUT2D eigenvalue weighted by atomic mass is 10.0. The summed E-state index contributed by atoms with van der Waals surface area (Å²) in [7, 11) is 0. The van der Waals surface area contributed by atoms with E-state index in [1.165, 1.54) is 20.8 Å². The highest BCUT2D eigenvalue weighted by atomic mass is 16.7. The van der Waals surface area contributed by atoms with Crippen LogP contribution in [0.2, 0.25) is 0 Å². The first-order valence-corrected chi connectivity index (χ1v) is 8.73. The molecule has 1 heterocycles. The lowest BCUT2D eigenvalue weighted by Gasteiger charge is -2.39. The van der Waals surface area contributed by atoms with Crippen molar-refractivity contribution in [1.29, 1.82) is 0 Å². The van der Waals surface area contributed by atoms with Crippen LogP contribution in [0.4, 0.5) is 0 Å². The van der Waals surface area contributed by atoms with Crippen LogP contribution in [-0.4, -0.2) is 55.7 Å². The van der Waals surface area contributed by atoms with Crippen molar-refractivity contribution in [1.82, 2.24) is 0 Å². The summed E-state index contributed by atoms with van der Waals surface area (Å²) >= 11 is 0. The average molecular weight is 372 g/mol. The maximum absolute atomic E-state index is 11.4. The van der Waals surface area contributed by atoms with Gasteiger partial charge in [0.1, 0.15) is 18.8 Å². The zero-order valence-corrected chi connectivity index (χ0v) is 15.8. The molecule has 0 unspecified atom stereocenters. The summed E-state index contributed by atoms with van der Waals surface area (Å²) in [4.78, 5) is 33.9. The fourth-order valence-corrected chi connectivity index (χ4v) is 2.52. The molecule has 1 saturated heterocycles. The molecule has 0 N–H and O–H groups in total. The normalized spacial score (nSPS) is 25.7. The van der Waals surface area contributed by atoms with Crippen molar-refractivity contribution in [3.05, 3.63) is 12.2 Å². The molecule has 0 aromatic heterocycles. The lowest BCUT2D eigenvalue weighted by molar-refractivity contribution is -0.263. The fraction of sp³-hybridized carbons (Fsp3) is 0.722. The van der Waals surface area contributed by atoms with Gasteiger partial charge in [0.15, 0.2) is 12.4 Å². The summed E-state index contributed by atoms with van der Waals surface area (Å²) in [5.41, 5.74) is 0. The van der Waals surface area contributed by atoms with E-state index in [0.29, 0.717) is 6.61 Å². The standard InChI is InChI=1S/C18H28O8/c1-5-6-7-8-9-22-17-10-15(24-13(3)20)18(25-14(4)21)16(26-17)11-23-12(2)19/h7-8,15-18H,5-6,9-11H2,1-4H3/b8-7+/t15-,16-,17+,18+/m1/s1. The highest BCUT2D eigenvalue weighted by Gasteiger charge is 2.44. The molecule has 0 aromatic carbocycles.